The van der Waals surface area contributed by atoms with Crippen molar-refractivity contribution in [1.29, 1.82) is 0 Å². The average molecular weight is 282 g/mol. The van der Waals surface area contributed by atoms with Crippen molar-refractivity contribution in [1.82, 2.24) is 4.90 Å². The molecule has 0 bridgehead atoms. The number of nitrogens with two attached hydrogens (primary N) is 1. The summed E-state index contributed by atoms with van der Waals surface area (Å²) in [6.45, 7) is 11.7. The summed E-state index contributed by atoms with van der Waals surface area (Å²) in [6, 6.07) is 0. The Hall–Kier alpha value is -0.570. The Labute approximate surface area is 125 Å². The van der Waals surface area contributed by atoms with Crippen LogP contribution in [-0.4, -0.2) is 30.4 Å². The minimum absolute atomic E-state index is 0.353. The van der Waals surface area contributed by atoms with E-state index in [1.165, 1.54) is 6.42 Å². The van der Waals surface area contributed by atoms with Crippen LogP contribution in [0.4, 0.5) is 0 Å². The zero-order valence-electron chi connectivity index (χ0n) is 14.0. The molecule has 20 heavy (non-hydrogen) atoms. The van der Waals surface area contributed by atoms with Crippen molar-refractivity contribution in [3.8, 4) is 0 Å². The highest BCUT2D eigenvalue weighted by molar-refractivity contribution is 5.76. The third kappa shape index (κ3) is 5.08. The summed E-state index contributed by atoms with van der Waals surface area (Å²) in [7, 11) is 0. The summed E-state index contributed by atoms with van der Waals surface area (Å²) in [5, 5.41) is 0. The lowest BCUT2D eigenvalue weighted by molar-refractivity contribution is -0.133. The van der Waals surface area contributed by atoms with Crippen molar-refractivity contribution in [3.05, 3.63) is 0 Å². The number of piperidine rings is 1. The second-order valence-electron chi connectivity index (χ2n) is 7.17. The minimum atomic E-state index is 0.353. The molecule has 1 fully saturated rings. The van der Waals surface area contributed by atoms with Gasteiger partial charge in [-0.15, -0.1) is 0 Å². The number of rotatable bonds is 7. The third-order valence-corrected chi connectivity index (χ3v) is 5.39. The van der Waals surface area contributed by atoms with Gasteiger partial charge in [-0.25, -0.2) is 0 Å². The highest BCUT2D eigenvalue weighted by Gasteiger charge is 2.30. The molecule has 0 aromatic rings. The smallest absolute Gasteiger partial charge is 0.222 e. The fraction of sp³-hybridized carbons (Fsp3) is 0.941. The molecule has 3 nitrogen and oxygen atoms in total. The van der Waals surface area contributed by atoms with E-state index >= 15 is 0 Å². The van der Waals surface area contributed by atoms with Crippen LogP contribution < -0.4 is 5.73 Å². The average Bonchev–Trinajstić information content (AvgIpc) is 2.43. The lowest BCUT2D eigenvalue weighted by atomic mass is 9.78. The second-order valence-corrected chi connectivity index (χ2v) is 7.17. The van der Waals surface area contributed by atoms with E-state index in [4.69, 9.17) is 5.73 Å². The van der Waals surface area contributed by atoms with E-state index in [9.17, 15) is 4.79 Å². The fourth-order valence-electron chi connectivity index (χ4n) is 3.14. The Morgan fingerprint density at radius 3 is 2.30 bits per heavy atom. The molecule has 3 heteroatoms. The zero-order chi connectivity index (χ0) is 15.2. The molecule has 0 saturated carbocycles. The maximum Gasteiger partial charge on any atom is 0.222 e. The summed E-state index contributed by atoms with van der Waals surface area (Å²) in [4.78, 5) is 14.4. The van der Waals surface area contributed by atoms with Crippen LogP contribution in [0, 0.1) is 17.3 Å². The first-order valence-corrected chi connectivity index (χ1v) is 8.39. The molecule has 118 valence electrons. The molecule has 1 amide bonds. The van der Waals surface area contributed by atoms with E-state index in [2.05, 4.69) is 32.6 Å². The Morgan fingerprint density at radius 2 is 1.85 bits per heavy atom. The predicted molar refractivity (Wildman–Crippen MR) is 85.4 cm³/mol. The van der Waals surface area contributed by atoms with Gasteiger partial charge in [-0.05, 0) is 49.5 Å². The fourth-order valence-corrected chi connectivity index (χ4v) is 3.14. The van der Waals surface area contributed by atoms with Crippen LogP contribution in [0.15, 0.2) is 0 Å². The lowest BCUT2D eigenvalue weighted by Crippen LogP contribution is -2.42. The van der Waals surface area contributed by atoms with Gasteiger partial charge >= 0.3 is 0 Å². The van der Waals surface area contributed by atoms with E-state index in [1.807, 2.05) is 0 Å². The van der Waals surface area contributed by atoms with Crippen molar-refractivity contribution in [2.75, 3.05) is 19.6 Å². The third-order valence-electron chi connectivity index (χ3n) is 5.39. The van der Waals surface area contributed by atoms with E-state index < -0.39 is 0 Å². The monoisotopic (exact) mass is 282 g/mol. The van der Waals surface area contributed by atoms with E-state index in [-0.39, 0.29) is 0 Å². The Kier molecular flexibility index (Phi) is 7.01. The number of amides is 1. The molecule has 1 rings (SSSR count). The van der Waals surface area contributed by atoms with Gasteiger partial charge in [0.2, 0.25) is 5.91 Å². The molecule has 2 N–H and O–H groups in total. The maximum atomic E-state index is 12.3. The number of nitrogens with zero attached hydrogens (tertiary/aromatic N) is 1. The van der Waals surface area contributed by atoms with Gasteiger partial charge in [0.15, 0.2) is 0 Å². The highest BCUT2D eigenvalue weighted by atomic mass is 16.2. The van der Waals surface area contributed by atoms with Gasteiger partial charge in [0.25, 0.3) is 0 Å². The van der Waals surface area contributed by atoms with Crippen LogP contribution >= 0.6 is 0 Å². The van der Waals surface area contributed by atoms with Crippen LogP contribution in [0.3, 0.4) is 0 Å². The summed E-state index contributed by atoms with van der Waals surface area (Å²) >= 11 is 0. The Morgan fingerprint density at radius 1 is 1.25 bits per heavy atom. The van der Waals surface area contributed by atoms with Crippen molar-refractivity contribution >= 4 is 5.91 Å². The molecule has 1 saturated heterocycles. The molecule has 1 unspecified atom stereocenters. The number of likely N-dealkylation sites (tertiary alicyclic amines) is 1. The first kappa shape index (κ1) is 17.5. The van der Waals surface area contributed by atoms with Gasteiger partial charge in [-0.3, -0.25) is 4.79 Å². The standard InChI is InChI=1S/C17H34N2O/c1-5-17(4)9-12-19(13-10-17)16(20)7-6-15(8-11-18)14(2)3/h14-15H,5-13,18H2,1-4H3. The van der Waals surface area contributed by atoms with Gasteiger partial charge in [0.1, 0.15) is 0 Å². The van der Waals surface area contributed by atoms with E-state index in [0.717, 1.165) is 45.3 Å². The Balaban J connectivity index is 2.36. The topological polar surface area (TPSA) is 46.3 Å². The van der Waals surface area contributed by atoms with Gasteiger partial charge in [-0.1, -0.05) is 34.1 Å². The van der Waals surface area contributed by atoms with E-state index in [1.54, 1.807) is 0 Å². The van der Waals surface area contributed by atoms with Crippen molar-refractivity contribution in [2.45, 2.75) is 66.2 Å². The van der Waals surface area contributed by atoms with Crippen molar-refractivity contribution in [3.63, 3.8) is 0 Å². The summed E-state index contributed by atoms with van der Waals surface area (Å²) in [5.41, 5.74) is 6.12. The molecule has 0 aromatic heterocycles. The van der Waals surface area contributed by atoms with Crippen molar-refractivity contribution in [2.24, 2.45) is 23.0 Å². The van der Waals surface area contributed by atoms with Crippen LogP contribution in [-0.2, 0) is 4.79 Å². The number of carbonyl (C=O) groups is 1. The molecular weight excluding hydrogens is 248 g/mol. The molecule has 0 radical (unpaired) electrons. The summed E-state index contributed by atoms with van der Waals surface area (Å²) in [5.74, 6) is 1.57. The first-order chi connectivity index (χ1) is 9.41. The summed E-state index contributed by atoms with van der Waals surface area (Å²) < 4.78 is 0. The molecule has 0 aromatic carbocycles. The molecule has 1 heterocycles. The van der Waals surface area contributed by atoms with Crippen LogP contribution in [0.1, 0.15) is 66.2 Å². The van der Waals surface area contributed by atoms with Crippen LogP contribution in [0.5, 0.6) is 0 Å². The van der Waals surface area contributed by atoms with Crippen LogP contribution in [0.25, 0.3) is 0 Å². The quantitative estimate of drug-likeness (QED) is 0.777. The predicted octanol–water partition coefficient (Wildman–Crippen LogP) is 3.43. The number of hydrogen-bond acceptors (Lipinski definition) is 2. The Bertz CT molecular complexity index is 293. The van der Waals surface area contributed by atoms with E-state index in [0.29, 0.717) is 29.6 Å². The molecule has 0 spiro atoms. The largest absolute Gasteiger partial charge is 0.343 e. The molecular formula is C17H34N2O. The minimum Gasteiger partial charge on any atom is -0.343 e. The van der Waals surface area contributed by atoms with Gasteiger partial charge in [0, 0.05) is 19.5 Å². The SMILES string of the molecule is CCC1(C)CCN(C(=O)CCC(CCN)C(C)C)CC1. The number of carbonyl (C=O) groups excluding carboxylic acids is 1. The summed E-state index contributed by atoms with van der Waals surface area (Å²) in [6.07, 6.45) is 6.28. The maximum absolute atomic E-state index is 12.3. The first-order valence-electron chi connectivity index (χ1n) is 8.39. The molecule has 0 aliphatic carbocycles. The molecule has 1 aliphatic heterocycles. The molecule has 1 aliphatic rings. The normalized spacial score (nSPS) is 20.2. The zero-order valence-corrected chi connectivity index (χ0v) is 14.0. The second kappa shape index (κ2) is 8.02. The number of hydrogen-bond donors (Lipinski definition) is 1. The molecule has 1 atom stereocenters. The van der Waals surface area contributed by atoms with Gasteiger partial charge < -0.3 is 10.6 Å². The van der Waals surface area contributed by atoms with Gasteiger partial charge in [-0.2, -0.15) is 0 Å². The highest BCUT2D eigenvalue weighted by Crippen LogP contribution is 2.34. The van der Waals surface area contributed by atoms with Crippen molar-refractivity contribution < 1.29 is 4.79 Å². The lowest BCUT2D eigenvalue weighted by Gasteiger charge is -2.39. The van der Waals surface area contributed by atoms with Gasteiger partial charge in [0.05, 0.1) is 0 Å². The van der Waals surface area contributed by atoms with Crippen LogP contribution in [0.2, 0.25) is 0 Å².